The van der Waals surface area contributed by atoms with Gasteiger partial charge in [-0.15, -0.1) is 11.3 Å². The van der Waals surface area contributed by atoms with E-state index in [1.54, 1.807) is 11.3 Å². The summed E-state index contributed by atoms with van der Waals surface area (Å²) in [7, 11) is 0. The molecule has 2 heterocycles. The number of likely N-dealkylation sites (tertiary alicyclic amines) is 1. The van der Waals surface area contributed by atoms with E-state index in [1.165, 1.54) is 4.88 Å². The van der Waals surface area contributed by atoms with Crippen LogP contribution in [-0.4, -0.2) is 34.0 Å². The fourth-order valence-corrected chi connectivity index (χ4v) is 4.48. The molecule has 0 spiro atoms. The van der Waals surface area contributed by atoms with Crippen LogP contribution in [0.5, 0.6) is 0 Å². The molecule has 0 saturated carbocycles. The van der Waals surface area contributed by atoms with E-state index < -0.39 is 5.97 Å². The quantitative estimate of drug-likeness (QED) is 0.855. The van der Waals surface area contributed by atoms with Gasteiger partial charge in [-0.25, -0.2) is 4.98 Å². The molecule has 122 valence electrons. The Balaban J connectivity index is 1.79. The first-order valence-electron chi connectivity index (χ1n) is 7.57. The Labute approximate surface area is 148 Å². The molecular formula is C17H19BrN2O2S. The van der Waals surface area contributed by atoms with Crippen molar-refractivity contribution in [2.24, 2.45) is 5.92 Å². The summed E-state index contributed by atoms with van der Waals surface area (Å²) in [4.78, 5) is 19.6. The zero-order valence-corrected chi connectivity index (χ0v) is 15.5. The predicted octanol–water partition coefficient (Wildman–Crippen LogP) is 3.82. The minimum atomic E-state index is -0.711. The smallest absolute Gasteiger partial charge is 0.308 e. The van der Waals surface area contributed by atoms with Gasteiger partial charge in [0.2, 0.25) is 0 Å². The van der Waals surface area contributed by atoms with E-state index in [9.17, 15) is 9.90 Å². The summed E-state index contributed by atoms with van der Waals surface area (Å²) in [5.41, 5.74) is 2.16. The summed E-state index contributed by atoms with van der Waals surface area (Å²) in [5.74, 6) is -1.03. The number of aryl methyl sites for hydroxylation is 2. The van der Waals surface area contributed by atoms with Gasteiger partial charge >= 0.3 is 5.97 Å². The lowest BCUT2D eigenvalue weighted by molar-refractivity contribution is -0.141. The first kappa shape index (κ1) is 16.6. The van der Waals surface area contributed by atoms with E-state index in [1.807, 2.05) is 38.1 Å². The second-order valence-electron chi connectivity index (χ2n) is 6.04. The van der Waals surface area contributed by atoms with Crippen molar-refractivity contribution < 1.29 is 9.90 Å². The van der Waals surface area contributed by atoms with Gasteiger partial charge in [0.15, 0.2) is 0 Å². The number of carboxylic acids is 1. The van der Waals surface area contributed by atoms with Crippen LogP contribution >= 0.6 is 27.3 Å². The molecule has 2 aromatic rings. The Hall–Kier alpha value is -1.24. The highest BCUT2D eigenvalue weighted by molar-refractivity contribution is 9.10. The van der Waals surface area contributed by atoms with Gasteiger partial charge < -0.3 is 5.11 Å². The number of nitrogens with zero attached hydrogens (tertiary/aromatic N) is 2. The molecule has 1 aliphatic rings. The largest absolute Gasteiger partial charge is 0.481 e. The Bertz CT molecular complexity index is 714. The van der Waals surface area contributed by atoms with Crippen molar-refractivity contribution in [2.45, 2.75) is 26.3 Å². The highest BCUT2D eigenvalue weighted by Crippen LogP contribution is 2.35. The van der Waals surface area contributed by atoms with Gasteiger partial charge in [0.05, 0.1) is 16.6 Å². The van der Waals surface area contributed by atoms with Crippen LogP contribution in [0.1, 0.15) is 27.1 Å². The molecule has 0 radical (unpaired) electrons. The lowest BCUT2D eigenvalue weighted by Crippen LogP contribution is -2.23. The van der Waals surface area contributed by atoms with Gasteiger partial charge in [0, 0.05) is 34.9 Å². The normalized spacial score (nSPS) is 21.7. The SMILES string of the molecule is Cc1nc(C)c(CN2C[C@@H](C(=O)O)[C@H](c3ccc(Br)cc3)C2)s1. The van der Waals surface area contributed by atoms with E-state index in [0.717, 1.165) is 33.8 Å². The fraction of sp³-hybridized carbons (Fsp3) is 0.412. The number of halogens is 1. The predicted molar refractivity (Wildman–Crippen MR) is 94.9 cm³/mol. The van der Waals surface area contributed by atoms with E-state index in [-0.39, 0.29) is 11.8 Å². The number of aliphatic carboxylic acids is 1. The summed E-state index contributed by atoms with van der Waals surface area (Å²) in [6.07, 6.45) is 0. The molecule has 1 N–H and O–H groups in total. The molecule has 2 atom stereocenters. The Morgan fingerprint density at radius 3 is 2.61 bits per heavy atom. The van der Waals surface area contributed by atoms with Gasteiger partial charge in [-0.1, -0.05) is 28.1 Å². The lowest BCUT2D eigenvalue weighted by atomic mass is 9.89. The maximum absolute atomic E-state index is 11.7. The molecule has 0 bridgehead atoms. The maximum atomic E-state index is 11.7. The monoisotopic (exact) mass is 394 g/mol. The van der Waals surface area contributed by atoms with Gasteiger partial charge in [0.1, 0.15) is 0 Å². The van der Waals surface area contributed by atoms with Crippen molar-refractivity contribution >= 4 is 33.2 Å². The summed E-state index contributed by atoms with van der Waals surface area (Å²) < 4.78 is 1.01. The van der Waals surface area contributed by atoms with Crippen molar-refractivity contribution in [2.75, 3.05) is 13.1 Å². The van der Waals surface area contributed by atoms with E-state index >= 15 is 0 Å². The number of hydrogen-bond donors (Lipinski definition) is 1. The molecule has 4 nitrogen and oxygen atoms in total. The third kappa shape index (κ3) is 3.65. The van der Waals surface area contributed by atoms with E-state index in [0.29, 0.717) is 6.54 Å². The summed E-state index contributed by atoms with van der Waals surface area (Å²) >= 11 is 5.14. The average molecular weight is 395 g/mol. The zero-order chi connectivity index (χ0) is 16.6. The first-order chi connectivity index (χ1) is 10.9. The van der Waals surface area contributed by atoms with E-state index in [4.69, 9.17) is 0 Å². The van der Waals surface area contributed by atoms with Gasteiger partial charge in [-0.3, -0.25) is 9.69 Å². The number of rotatable bonds is 4. The van der Waals surface area contributed by atoms with Crippen molar-refractivity contribution in [1.82, 2.24) is 9.88 Å². The number of thiazole rings is 1. The summed E-state index contributed by atoms with van der Waals surface area (Å²) in [6.45, 7) is 6.18. The van der Waals surface area contributed by atoms with Crippen LogP contribution in [0.3, 0.4) is 0 Å². The number of benzene rings is 1. The number of aromatic nitrogens is 1. The summed E-state index contributed by atoms with van der Waals surface area (Å²) in [6, 6.07) is 8.01. The van der Waals surface area contributed by atoms with Gasteiger partial charge in [0.25, 0.3) is 0 Å². The third-order valence-corrected chi connectivity index (χ3v) is 5.96. The fourth-order valence-electron chi connectivity index (χ4n) is 3.24. The zero-order valence-electron chi connectivity index (χ0n) is 13.1. The Kier molecular flexibility index (Phi) is 4.85. The van der Waals surface area contributed by atoms with Crippen LogP contribution in [-0.2, 0) is 11.3 Å². The van der Waals surface area contributed by atoms with Crippen LogP contribution in [0.2, 0.25) is 0 Å². The molecule has 23 heavy (non-hydrogen) atoms. The summed E-state index contributed by atoms with van der Waals surface area (Å²) in [5, 5.41) is 10.7. The second-order valence-corrected chi connectivity index (χ2v) is 8.24. The van der Waals surface area contributed by atoms with Crippen LogP contribution in [0.25, 0.3) is 0 Å². The molecule has 3 rings (SSSR count). The Morgan fingerprint density at radius 2 is 2.04 bits per heavy atom. The van der Waals surface area contributed by atoms with Crippen molar-refractivity contribution in [3.63, 3.8) is 0 Å². The Morgan fingerprint density at radius 1 is 1.35 bits per heavy atom. The maximum Gasteiger partial charge on any atom is 0.308 e. The molecule has 1 saturated heterocycles. The molecule has 1 aliphatic heterocycles. The minimum absolute atomic E-state index is 0.0370. The second kappa shape index (κ2) is 6.71. The van der Waals surface area contributed by atoms with Gasteiger partial charge in [-0.2, -0.15) is 0 Å². The molecule has 0 aliphatic carbocycles. The van der Waals surface area contributed by atoms with Crippen LogP contribution in [0, 0.1) is 19.8 Å². The highest BCUT2D eigenvalue weighted by atomic mass is 79.9. The van der Waals surface area contributed by atoms with Crippen LogP contribution in [0.15, 0.2) is 28.7 Å². The van der Waals surface area contributed by atoms with Crippen LogP contribution in [0.4, 0.5) is 0 Å². The lowest BCUT2D eigenvalue weighted by Gasteiger charge is -2.16. The minimum Gasteiger partial charge on any atom is -0.481 e. The molecule has 1 aromatic carbocycles. The standard InChI is InChI=1S/C17H19BrN2O2S/c1-10-16(23-11(2)19-10)9-20-7-14(15(8-20)17(21)22)12-3-5-13(18)6-4-12/h3-6,14-15H,7-9H2,1-2H3,(H,21,22)/t14-,15+/m0/s1. The third-order valence-electron chi connectivity index (χ3n) is 4.38. The molecule has 0 amide bonds. The first-order valence-corrected chi connectivity index (χ1v) is 9.18. The molecule has 1 aromatic heterocycles. The van der Waals surface area contributed by atoms with Crippen LogP contribution < -0.4 is 0 Å². The van der Waals surface area contributed by atoms with Gasteiger partial charge in [-0.05, 0) is 31.5 Å². The molecule has 0 unspecified atom stereocenters. The average Bonchev–Trinajstić information content (AvgIpc) is 3.04. The number of carbonyl (C=O) groups is 1. The number of hydrogen-bond acceptors (Lipinski definition) is 4. The van der Waals surface area contributed by atoms with Crippen molar-refractivity contribution in [3.8, 4) is 0 Å². The van der Waals surface area contributed by atoms with Crippen molar-refractivity contribution in [1.29, 1.82) is 0 Å². The molecule has 1 fully saturated rings. The van der Waals surface area contributed by atoms with E-state index in [2.05, 4.69) is 25.8 Å². The molecule has 6 heteroatoms. The topological polar surface area (TPSA) is 53.4 Å². The van der Waals surface area contributed by atoms with Crippen molar-refractivity contribution in [3.05, 3.63) is 49.9 Å². The molecular weight excluding hydrogens is 376 g/mol. The number of carboxylic acid groups (broad SMARTS) is 1. The highest BCUT2D eigenvalue weighted by Gasteiger charge is 2.38.